The van der Waals surface area contributed by atoms with Gasteiger partial charge in [-0.25, -0.2) is 9.37 Å². The van der Waals surface area contributed by atoms with E-state index in [-0.39, 0.29) is 0 Å². The molecule has 0 spiro atoms. The summed E-state index contributed by atoms with van der Waals surface area (Å²) in [6.07, 6.45) is 5.26. The van der Waals surface area contributed by atoms with E-state index in [0.29, 0.717) is 11.3 Å². The Hall–Kier alpha value is -2.15. The van der Waals surface area contributed by atoms with Crippen molar-refractivity contribution in [3.63, 3.8) is 0 Å². The van der Waals surface area contributed by atoms with Crippen LogP contribution in [0.5, 0.6) is 0 Å². The number of nitriles is 1. The highest BCUT2D eigenvalue weighted by Gasteiger charge is 2.06. The average Bonchev–Trinajstić information content (AvgIpc) is 2.77. The molecular weight excluding hydrogens is 217 g/mol. The summed E-state index contributed by atoms with van der Waals surface area (Å²) in [6, 6.07) is 6.23. The van der Waals surface area contributed by atoms with Crippen molar-refractivity contribution in [1.29, 1.82) is 5.26 Å². The van der Waals surface area contributed by atoms with Gasteiger partial charge in [-0.2, -0.15) is 5.26 Å². The van der Waals surface area contributed by atoms with Crippen LogP contribution in [0.4, 0.5) is 4.39 Å². The lowest BCUT2D eigenvalue weighted by Crippen LogP contribution is -2.01. The van der Waals surface area contributed by atoms with Crippen molar-refractivity contribution in [3.05, 3.63) is 47.8 Å². The fraction of sp³-hybridized carbons (Fsp3) is 0.231. The van der Waals surface area contributed by atoms with E-state index in [1.54, 1.807) is 18.5 Å². The van der Waals surface area contributed by atoms with Crippen molar-refractivity contribution in [2.75, 3.05) is 0 Å². The zero-order chi connectivity index (χ0) is 12.3. The molecule has 0 amide bonds. The van der Waals surface area contributed by atoms with E-state index in [2.05, 4.69) is 11.9 Å². The number of benzene rings is 1. The Kier molecular flexibility index (Phi) is 3.20. The monoisotopic (exact) mass is 229 g/mol. The molecule has 0 saturated heterocycles. The molecule has 0 atom stereocenters. The molecule has 0 N–H and O–H groups in total. The summed E-state index contributed by atoms with van der Waals surface area (Å²) in [7, 11) is 0. The standard InChI is InChI=1S/C13H12FN3/c1-2-3-13-16-4-5-17(13)12-7-10(9-15)6-11(14)8-12/h4-8H,2-3H2,1H3. The first-order chi connectivity index (χ1) is 8.24. The highest BCUT2D eigenvalue weighted by molar-refractivity contribution is 5.42. The molecule has 0 aliphatic carbocycles. The summed E-state index contributed by atoms with van der Waals surface area (Å²) in [6.45, 7) is 2.06. The minimum absolute atomic E-state index is 0.316. The van der Waals surface area contributed by atoms with Crippen LogP contribution in [0.25, 0.3) is 5.69 Å². The van der Waals surface area contributed by atoms with Gasteiger partial charge in [0.1, 0.15) is 11.6 Å². The average molecular weight is 229 g/mol. The molecule has 1 aromatic carbocycles. The van der Waals surface area contributed by atoms with E-state index in [9.17, 15) is 4.39 Å². The van der Waals surface area contributed by atoms with Gasteiger partial charge >= 0.3 is 0 Å². The second-order valence-electron chi connectivity index (χ2n) is 3.77. The van der Waals surface area contributed by atoms with E-state index >= 15 is 0 Å². The number of hydrogen-bond acceptors (Lipinski definition) is 2. The number of aryl methyl sites for hydroxylation is 1. The number of hydrogen-bond donors (Lipinski definition) is 0. The Morgan fingerprint density at radius 3 is 2.94 bits per heavy atom. The van der Waals surface area contributed by atoms with Gasteiger partial charge in [-0.15, -0.1) is 0 Å². The minimum Gasteiger partial charge on any atom is -0.304 e. The second-order valence-corrected chi connectivity index (χ2v) is 3.77. The van der Waals surface area contributed by atoms with Gasteiger partial charge in [0, 0.05) is 18.8 Å². The summed E-state index contributed by atoms with van der Waals surface area (Å²) in [5, 5.41) is 8.82. The smallest absolute Gasteiger partial charge is 0.126 e. The molecule has 0 unspecified atom stereocenters. The van der Waals surface area contributed by atoms with Gasteiger partial charge in [-0.3, -0.25) is 0 Å². The molecule has 0 bridgehead atoms. The number of rotatable bonds is 3. The quantitative estimate of drug-likeness (QED) is 0.812. The SMILES string of the molecule is CCCc1nccn1-c1cc(F)cc(C#N)c1. The van der Waals surface area contributed by atoms with Gasteiger partial charge in [0.2, 0.25) is 0 Å². The molecular formula is C13H12FN3. The lowest BCUT2D eigenvalue weighted by Gasteiger charge is -2.07. The summed E-state index contributed by atoms with van der Waals surface area (Å²) < 4.78 is 15.2. The zero-order valence-electron chi connectivity index (χ0n) is 9.52. The van der Waals surface area contributed by atoms with Crippen molar-refractivity contribution >= 4 is 0 Å². The van der Waals surface area contributed by atoms with Crippen molar-refractivity contribution in [3.8, 4) is 11.8 Å². The van der Waals surface area contributed by atoms with Gasteiger partial charge in [0.25, 0.3) is 0 Å². The van der Waals surface area contributed by atoms with Crippen LogP contribution in [0.3, 0.4) is 0 Å². The Morgan fingerprint density at radius 1 is 1.41 bits per heavy atom. The predicted molar refractivity (Wildman–Crippen MR) is 62.2 cm³/mol. The maximum atomic E-state index is 13.3. The molecule has 4 heteroatoms. The molecule has 3 nitrogen and oxygen atoms in total. The first-order valence-corrected chi connectivity index (χ1v) is 5.48. The highest BCUT2D eigenvalue weighted by atomic mass is 19.1. The van der Waals surface area contributed by atoms with Gasteiger partial charge in [-0.1, -0.05) is 6.92 Å². The first kappa shape index (κ1) is 11.3. The molecule has 2 aromatic rings. The van der Waals surface area contributed by atoms with Crippen molar-refractivity contribution < 1.29 is 4.39 Å². The summed E-state index contributed by atoms with van der Waals surface area (Å²) >= 11 is 0. The largest absolute Gasteiger partial charge is 0.304 e. The van der Waals surface area contributed by atoms with Gasteiger partial charge < -0.3 is 4.57 Å². The molecule has 2 rings (SSSR count). The fourth-order valence-electron chi connectivity index (χ4n) is 1.76. The normalized spacial score (nSPS) is 10.2. The topological polar surface area (TPSA) is 41.6 Å². The molecule has 0 fully saturated rings. The van der Waals surface area contributed by atoms with Crippen LogP contribution in [0.15, 0.2) is 30.6 Å². The Balaban J connectivity index is 2.49. The van der Waals surface area contributed by atoms with Crippen LogP contribution in [-0.2, 0) is 6.42 Å². The van der Waals surface area contributed by atoms with Crippen LogP contribution < -0.4 is 0 Å². The zero-order valence-corrected chi connectivity index (χ0v) is 9.52. The maximum absolute atomic E-state index is 13.3. The molecule has 0 aliphatic heterocycles. The molecule has 0 aliphatic rings. The Bertz CT molecular complexity index is 566. The van der Waals surface area contributed by atoms with Gasteiger partial charge in [-0.05, 0) is 24.6 Å². The second kappa shape index (κ2) is 4.79. The van der Waals surface area contributed by atoms with Crippen LogP contribution in [0.2, 0.25) is 0 Å². The number of aromatic nitrogens is 2. The Labute approximate surface area is 99.1 Å². The van der Waals surface area contributed by atoms with Gasteiger partial charge in [0.15, 0.2) is 0 Å². The Morgan fingerprint density at radius 2 is 2.24 bits per heavy atom. The van der Waals surface area contributed by atoms with Crippen LogP contribution >= 0.6 is 0 Å². The van der Waals surface area contributed by atoms with E-state index < -0.39 is 5.82 Å². The van der Waals surface area contributed by atoms with Gasteiger partial charge in [0.05, 0.1) is 17.3 Å². The van der Waals surface area contributed by atoms with Crippen LogP contribution in [0, 0.1) is 17.1 Å². The van der Waals surface area contributed by atoms with Crippen molar-refractivity contribution in [2.45, 2.75) is 19.8 Å². The molecule has 0 saturated carbocycles. The van der Waals surface area contributed by atoms with E-state index in [4.69, 9.17) is 5.26 Å². The summed E-state index contributed by atoms with van der Waals surface area (Å²) in [5.41, 5.74) is 0.957. The lowest BCUT2D eigenvalue weighted by atomic mass is 10.2. The van der Waals surface area contributed by atoms with E-state index in [0.717, 1.165) is 18.7 Å². The maximum Gasteiger partial charge on any atom is 0.126 e. The summed E-state index contributed by atoms with van der Waals surface area (Å²) in [4.78, 5) is 4.23. The molecule has 86 valence electrons. The van der Waals surface area contributed by atoms with E-state index in [1.807, 2.05) is 10.6 Å². The molecule has 1 aromatic heterocycles. The van der Waals surface area contributed by atoms with Crippen LogP contribution in [0.1, 0.15) is 24.7 Å². The van der Waals surface area contributed by atoms with Crippen molar-refractivity contribution in [1.82, 2.24) is 9.55 Å². The van der Waals surface area contributed by atoms with E-state index in [1.165, 1.54) is 12.1 Å². The summed E-state index contributed by atoms with van der Waals surface area (Å²) in [5.74, 6) is 0.470. The third-order valence-electron chi connectivity index (χ3n) is 2.48. The third-order valence-corrected chi connectivity index (χ3v) is 2.48. The van der Waals surface area contributed by atoms with Crippen LogP contribution in [-0.4, -0.2) is 9.55 Å². The third kappa shape index (κ3) is 2.34. The fourth-order valence-corrected chi connectivity index (χ4v) is 1.76. The number of nitrogens with zero attached hydrogens (tertiary/aromatic N) is 3. The minimum atomic E-state index is -0.407. The number of imidazole rings is 1. The first-order valence-electron chi connectivity index (χ1n) is 5.48. The molecule has 1 heterocycles. The molecule has 0 radical (unpaired) electrons. The predicted octanol–water partition coefficient (Wildman–Crippen LogP) is 2.84. The lowest BCUT2D eigenvalue weighted by molar-refractivity contribution is 0.625. The molecule has 17 heavy (non-hydrogen) atoms. The van der Waals surface area contributed by atoms with Crippen molar-refractivity contribution in [2.24, 2.45) is 0 Å². The number of halogens is 1. The highest BCUT2D eigenvalue weighted by Crippen LogP contribution is 2.15.